The van der Waals surface area contributed by atoms with Crippen LogP contribution in [0.5, 0.6) is 0 Å². The van der Waals surface area contributed by atoms with Gasteiger partial charge in [0.15, 0.2) is 0 Å². The SMILES string of the molecule is CCCCc1ccccc1-c1cc2[cH-]c3cc(-c4ccccc4CCCC)c(C(C)(C)C)cc3c2cc1C(C)(C)C.Cl.Cl.[C-]1=CC=CC1.[Zr+2]=[C](Cc1ccccc1)Cc1ccccc1. The van der Waals surface area contributed by atoms with Crippen LogP contribution in [0.3, 0.4) is 0 Å². The molecule has 0 amide bonds. The van der Waals surface area contributed by atoms with Gasteiger partial charge in [0.2, 0.25) is 0 Å². The number of unbranched alkanes of at least 4 members (excludes halogenated alkanes) is 2. The predicted molar refractivity (Wildman–Crippen MR) is 284 cm³/mol. The molecule has 0 heterocycles. The Morgan fingerprint density at radius 3 is 1.30 bits per heavy atom. The summed E-state index contributed by atoms with van der Waals surface area (Å²) in [6.45, 7) is 18.8. The van der Waals surface area contributed by atoms with Gasteiger partial charge in [0.05, 0.1) is 0 Å². The molecule has 0 bridgehead atoms. The van der Waals surface area contributed by atoms with Gasteiger partial charge in [-0.2, -0.15) is 6.08 Å². The molecule has 0 atom stereocenters. The molecule has 7 aromatic rings. The van der Waals surface area contributed by atoms with Gasteiger partial charge in [-0.15, -0.1) is 71.0 Å². The molecule has 0 aliphatic heterocycles. The van der Waals surface area contributed by atoms with Crippen LogP contribution < -0.4 is 0 Å². The van der Waals surface area contributed by atoms with E-state index in [9.17, 15) is 0 Å². The summed E-state index contributed by atoms with van der Waals surface area (Å²) in [6.07, 6.45) is 19.4. The molecule has 0 saturated carbocycles. The van der Waals surface area contributed by atoms with Crippen molar-refractivity contribution in [2.45, 2.75) is 124 Å². The Morgan fingerprint density at radius 2 is 0.953 bits per heavy atom. The van der Waals surface area contributed by atoms with Gasteiger partial charge in [0.25, 0.3) is 0 Å². The van der Waals surface area contributed by atoms with E-state index < -0.39 is 0 Å². The summed E-state index contributed by atoms with van der Waals surface area (Å²) >= 11 is 1.55. The number of hydrogen-bond donors (Lipinski definition) is 0. The molecule has 0 radical (unpaired) electrons. The number of fused-ring (bicyclic) bond motifs is 3. The van der Waals surface area contributed by atoms with Crippen LogP contribution in [0.2, 0.25) is 0 Å². The molecular weight excluding hydrogens is 895 g/mol. The first-order valence-electron chi connectivity index (χ1n) is 23.1. The Labute approximate surface area is 414 Å². The summed E-state index contributed by atoms with van der Waals surface area (Å²) in [7, 11) is 0. The maximum absolute atomic E-state index is 2.99. The van der Waals surface area contributed by atoms with E-state index in [2.05, 4.69) is 207 Å². The Kier molecular flexibility index (Phi) is 20.6. The second kappa shape index (κ2) is 25.1. The number of rotatable bonds is 12. The van der Waals surface area contributed by atoms with E-state index in [1.807, 2.05) is 12.2 Å². The molecular formula is C61H70Cl2Zr. The van der Waals surface area contributed by atoms with Crippen LogP contribution >= 0.6 is 24.8 Å². The molecule has 7 aromatic carbocycles. The fraction of sp³-hybridized carbons (Fsp3) is 0.311. The number of allylic oxidation sites excluding steroid dienone is 4. The zero-order chi connectivity index (χ0) is 44.1. The second-order valence-electron chi connectivity index (χ2n) is 19.1. The fourth-order valence-electron chi connectivity index (χ4n) is 8.62. The summed E-state index contributed by atoms with van der Waals surface area (Å²) in [5.74, 6) is 0. The Morgan fingerprint density at radius 1 is 0.547 bits per heavy atom. The van der Waals surface area contributed by atoms with Crippen molar-refractivity contribution in [3.8, 4) is 22.3 Å². The van der Waals surface area contributed by atoms with Crippen molar-refractivity contribution in [3.63, 3.8) is 0 Å². The van der Waals surface area contributed by atoms with E-state index >= 15 is 0 Å². The van der Waals surface area contributed by atoms with Gasteiger partial charge in [-0.25, -0.2) is 12.2 Å². The minimum absolute atomic E-state index is 0. The van der Waals surface area contributed by atoms with Crippen LogP contribution in [0.25, 0.3) is 43.8 Å². The maximum atomic E-state index is 2.99. The standard InChI is InChI=1S/C41H49.C15H14.C5H5.2ClH.Zr/c1-9-11-17-28-19-13-15-21-32(28)36-24-30-23-31-25-37(33-22-16-14-20-29(33)18-12-10-2)39(41(6,7)8)27-35(31)34(30)26-38(36)40(3,4)5;1-3-8-14(9-4-1)12-7-13-15-10-5-2-6-11-15;1-2-4-5-3-1;;;/h13-16,19-27H,9-12,17-18H2,1-8H3;1-6,8-11H,12-13H2;1-3H,4H2;2*1H;/q-1;;-1;;;+2. The molecule has 0 saturated heterocycles. The van der Waals surface area contributed by atoms with E-state index in [4.69, 9.17) is 0 Å². The number of benzene rings is 6. The van der Waals surface area contributed by atoms with Crippen molar-refractivity contribution in [2.75, 3.05) is 0 Å². The van der Waals surface area contributed by atoms with Gasteiger partial charge in [-0.3, -0.25) is 6.08 Å². The Balaban J connectivity index is 0.000000321. The van der Waals surface area contributed by atoms with Crippen LogP contribution in [0.4, 0.5) is 0 Å². The second-order valence-corrected chi connectivity index (χ2v) is 20.8. The topological polar surface area (TPSA) is 0 Å². The summed E-state index contributed by atoms with van der Waals surface area (Å²) in [4.78, 5) is 0. The van der Waals surface area contributed by atoms with Crippen LogP contribution in [0.15, 0.2) is 158 Å². The van der Waals surface area contributed by atoms with E-state index in [-0.39, 0.29) is 35.6 Å². The molecule has 332 valence electrons. The van der Waals surface area contributed by atoms with Crippen molar-refractivity contribution in [2.24, 2.45) is 0 Å². The van der Waals surface area contributed by atoms with E-state index in [1.165, 1.54) is 103 Å². The Bertz CT molecular complexity index is 2420. The molecule has 1 aliphatic carbocycles. The van der Waals surface area contributed by atoms with E-state index in [0.717, 1.165) is 32.1 Å². The number of hydrogen-bond acceptors (Lipinski definition) is 0. The van der Waals surface area contributed by atoms with Gasteiger partial charge in [0.1, 0.15) is 0 Å². The summed E-state index contributed by atoms with van der Waals surface area (Å²) in [5, 5.41) is 5.47. The van der Waals surface area contributed by atoms with Gasteiger partial charge in [-0.05, 0) is 81.0 Å². The van der Waals surface area contributed by atoms with Crippen LogP contribution in [-0.4, -0.2) is 3.21 Å². The van der Waals surface area contributed by atoms with Crippen molar-refractivity contribution in [1.29, 1.82) is 0 Å². The first-order valence-corrected chi connectivity index (χ1v) is 24.3. The van der Waals surface area contributed by atoms with Crippen molar-refractivity contribution in [1.82, 2.24) is 0 Å². The molecule has 0 unspecified atom stereocenters. The molecule has 1 aliphatic rings. The number of halogens is 2. The summed E-state index contributed by atoms with van der Waals surface area (Å²) in [6, 6.07) is 52.0. The molecule has 0 fully saturated rings. The normalized spacial score (nSPS) is 11.9. The van der Waals surface area contributed by atoms with Gasteiger partial charge < -0.3 is 0 Å². The monoisotopic (exact) mass is 962 g/mol. The molecule has 3 heteroatoms. The third kappa shape index (κ3) is 14.3. The van der Waals surface area contributed by atoms with Crippen molar-refractivity contribution < 1.29 is 24.2 Å². The van der Waals surface area contributed by atoms with Crippen LogP contribution in [0.1, 0.15) is 121 Å². The van der Waals surface area contributed by atoms with Gasteiger partial charge in [0, 0.05) is 0 Å². The van der Waals surface area contributed by atoms with E-state index in [1.54, 1.807) is 27.4 Å². The third-order valence-corrected chi connectivity index (χ3v) is 12.8. The average Bonchev–Trinajstić information content (AvgIpc) is 3.97. The first kappa shape index (κ1) is 52.6. The first-order chi connectivity index (χ1) is 29.9. The number of aryl methyl sites for hydroxylation is 2. The zero-order valence-corrected chi connectivity index (χ0v) is 43.8. The molecule has 0 N–H and O–H groups in total. The molecule has 8 rings (SSSR count). The van der Waals surface area contributed by atoms with Crippen LogP contribution in [0, 0.1) is 6.08 Å². The zero-order valence-electron chi connectivity index (χ0n) is 39.7. The predicted octanol–water partition coefficient (Wildman–Crippen LogP) is 17.7. The summed E-state index contributed by atoms with van der Waals surface area (Å²) in [5.41, 5.74) is 14.3. The fourth-order valence-corrected chi connectivity index (χ4v) is 9.62. The van der Waals surface area contributed by atoms with Gasteiger partial charge in [-0.1, -0.05) is 129 Å². The average molecular weight is 965 g/mol. The molecule has 0 nitrogen and oxygen atoms in total. The molecule has 0 spiro atoms. The van der Waals surface area contributed by atoms with Gasteiger partial charge >= 0.3 is 112 Å². The Hall–Kier alpha value is -4.00. The molecule has 0 aromatic heterocycles. The molecule has 64 heavy (non-hydrogen) atoms. The quantitative estimate of drug-likeness (QED) is 0.107. The summed E-state index contributed by atoms with van der Waals surface area (Å²) < 4.78 is 1.60. The minimum atomic E-state index is 0. The van der Waals surface area contributed by atoms with Crippen LogP contribution in [-0.2, 0) is 60.7 Å². The van der Waals surface area contributed by atoms with Crippen molar-refractivity contribution in [3.05, 3.63) is 197 Å². The van der Waals surface area contributed by atoms with Crippen molar-refractivity contribution >= 4 is 49.6 Å². The third-order valence-electron chi connectivity index (χ3n) is 11.9. The van der Waals surface area contributed by atoms with E-state index in [0.29, 0.717) is 0 Å².